The van der Waals surface area contributed by atoms with Gasteiger partial charge in [-0.2, -0.15) is 0 Å². The van der Waals surface area contributed by atoms with Crippen LogP contribution in [0.2, 0.25) is 24.2 Å². The van der Waals surface area contributed by atoms with E-state index in [0.29, 0.717) is 0 Å². The molecular formula is C30H54Si. The van der Waals surface area contributed by atoms with Crippen molar-refractivity contribution in [3.63, 3.8) is 0 Å². The molecule has 0 radical (unpaired) electrons. The maximum atomic E-state index is 2.93. The van der Waals surface area contributed by atoms with Crippen LogP contribution >= 0.6 is 0 Å². The van der Waals surface area contributed by atoms with Gasteiger partial charge in [0.2, 0.25) is 0 Å². The molecule has 0 aromatic rings. The standard InChI is InChI=1S/C30H54Si/c1-6-20(3)15-24-19-30(28-17-23-12-10-11-22(23)16-27(24)28)31(4,5)29-18-21(7-2)25-13-8-9-14-26(25)29/h20-30H,6-19H2,1-5H3. The molecule has 5 aliphatic carbocycles. The zero-order valence-corrected chi connectivity index (χ0v) is 22.8. The Bertz CT molecular complexity index is 610. The summed E-state index contributed by atoms with van der Waals surface area (Å²) in [5.74, 6) is 9.89. The lowest BCUT2D eigenvalue weighted by molar-refractivity contribution is 0.120. The van der Waals surface area contributed by atoms with Gasteiger partial charge in [0, 0.05) is 0 Å². The molecule has 0 spiro atoms. The summed E-state index contributed by atoms with van der Waals surface area (Å²) in [6.07, 6.45) is 22.0. The molecule has 0 heterocycles. The topological polar surface area (TPSA) is 0 Å². The van der Waals surface area contributed by atoms with Crippen molar-refractivity contribution in [2.24, 2.45) is 53.3 Å². The van der Waals surface area contributed by atoms with Crippen molar-refractivity contribution in [3.05, 3.63) is 0 Å². The second-order valence-electron chi connectivity index (χ2n) is 14.0. The van der Waals surface area contributed by atoms with Gasteiger partial charge >= 0.3 is 0 Å². The molecule has 11 atom stereocenters. The van der Waals surface area contributed by atoms with Gasteiger partial charge in [-0.3, -0.25) is 0 Å². The molecule has 0 aliphatic heterocycles. The van der Waals surface area contributed by atoms with Crippen LogP contribution in [-0.2, 0) is 0 Å². The van der Waals surface area contributed by atoms with Gasteiger partial charge in [-0.05, 0) is 103 Å². The van der Waals surface area contributed by atoms with Crippen LogP contribution in [0.4, 0.5) is 0 Å². The quantitative estimate of drug-likeness (QED) is 0.359. The van der Waals surface area contributed by atoms with Crippen molar-refractivity contribution >= 4 is 8.07 Å². The molecule has 0 bridgehead atoms. The van der Waals surface area contributed by atoms with E-state index in [9.17, 15) is 0 Å². The summed E-state index contributed by atoms with van der Waals surface area (Å²) in [5.41, 5.74) is 2.33. The molecule has 5 fully saturated rings. The van der Waals surface area contributed by atoms with Crippen molar-refractivity contribution in [2.45, 2.75) is 135 Å². The Morgan fingerprint density at radius 3 is 1.97 bits per heavy atom. The molecule has 31 heavy (non-hydrogen) atoms. The molecule has 5 aliphatic rings. The van der Waals surface area contributed by atoms with E-state index in [0.717, 1.165) is 64.3 Å². The molecular weight excluding hydrogens is 388 g/mol. The largest absolute Gasteiger partial charge is 0.0689 e. The van der Waals surface area contributed by atoms with Gasteiger partial charge < -0.3 is 0 Å². The summed E-state index contributed by atoms with van der Waals surface area (Å²) in [5, 5.41) is 0. The first kappa shape index (κ1) is 23.0. The average molecular weight is 443 g/mol. The molecule has 0 aromatic carbocycles. The van der Waals surface area contributed by atoms with Gasteiger partial charge in [0.25, 0.3) is 0 Å². The first-order chi connectivity index (χ1) is 14.9. The Balaban J connectivity index is 1.40. The third kappa shape index (κ3) is 4.03. The fraction of sp³-hybridized carbons (Fsp3) is 1.00. The van der Waals surface area contributed by atoms with Crippen LogP contribution < -0.4 is 0 Å². The van der Waals surface area contributed by atoms with Crippen LogP contribution in [0.25, 0.3) is 0 Å². The summed E-state index contributed by atoms with van der Waals surface area (Å²) in [6, 6.07) is 0. The lowest BCUT2D eigenvalue weighted by atomic mass is 9.68. The Morgan fingerprint density at radius 2 is 1.29 bits per heavy atom. The Kier molecular flexibility index (Phi) is 6.75. The first-order valence-electron chi connectivity index (χ1n) is 14.9. The fourth-order valence-corrected chi connectivity index (χ4v) is 16.2. The normalized spacial score (nSPS) is 48.3. The lowest BCUT2D eigenvalue weighted by Crippen LogP contribution is -2.44. The highest BCUT2D eigenvalue weighted by molar-refractivity contribution is 6.80. The van der Waals surface area contributed by atoms with Gasteiger partial charge in [-0.1, -0.05) is 85.2 Å². The highest BCUT2D eigenvalue weighted by Gasteiger charge is 2.58. The average Bonchev–Trinajstić information content (AvgIpc) is 3.47. The van der Waals surface area contributed by atoms with Gasteiger partial charge in [0.05, 0.1) is 8.07 Å². The van der Waals surface area contributed by atoms with Crippen molar-refractivity contribution in [2.75, 3.05) is 0 Å². The Hall–Kier alpha value is 0.217. The zero-order chi connectivity index (χ0) is 21.8. The van der Waals surface area contributed by atoms with E-state index in [1.165, 1.54) is 12.8 Å². The van der Waals surface area contributed by atoms with Gasteiger partial charge in [0.15, 0.2) is 0 Å². The van der Waals surface area contributed by atoms with Crippen molar-refractivity contribution in [1.29, 1.82) is 0 Å². The first-order valence-corrected chi connectivity index (χ1v) is 18.1. The molecule has 0 aromatic heterocycles. The highest BCUT2D eigenvalue weighted by Crippen LogP contribution is 2.66. The van der Waals surface area contributed by atoms with Crippen molar-refractivity contribution < 1.29 is 0 Å². The maximum absolute atomic E-state index is 2.93. The maximum Gasteiger partial charge on any atom is 0.0541 e. The summed E-state index contributed by atoms with van der Waals surface area (Å²) in [4.78, 5) is 0. The van der Waals surface area contributed by atoms with Crippen molar-refractivity contribution in [1.82, 2.24) is 0 Å². The molecule has 5 rings (SSSR count). The second-order valence-corrected chi connectivity index (χ2v) is 19.2. The highest BCUT2D eigenvalue weighted by atomic mass is 28.3. The number of rotatable bonds is 6. The smallest absolute Gasteiger partial charge is 0.0541 e. The Labute approximate surface area is 196 Å². The van der Waals surface area contributed by atoms with E-state index < -0.39 is 8.07 Å². The van der Waals surface area contributed by atoms with E-state index in [-0.39, 0.29) is 0 Å². The summed E-state index contributed by atoms with van der Waals surface area (Å²) >= 11 is 0. The predicted octanol–water partition coefficient (Wildman–Crippen LogP) is 9.57. The van der Waals surface area contributed by atoms with E-state index in [1.54, 1.807) is 77.0 Å². The SMILES string of the molecule is CCC(C)CC1CC([Si](C)(C)C2CC(CC)C3CCCCC32)C2CC3CCCC3CC12. The lowest BCUT2D eigenvalue weighted by Gasteiger charge is -2.46. The molecule has 0 amide bonds. The summed E-state index contributed by atoms with van der Waals surface area (Å²) in [6.45, 7) is 13.4. The van der Waals surface area contributed by atoms with E-state index in [4.69, 9.17) is 0 Å². The van der Waals surface area contributed by atoms with Crippen LogP contribution in [0.15, 0.2) is 0 Å². The van der Waals surface area contributed by atoms with Gasteiger partial charge in [0.1, 0.15) is 0 Å². The molecule has 0 nitrogen and oxygen atoms in total. The minimum absolute atomic E-state index is 0.953. The van der Waals surface area contributed by atoms with E-state index in [2.05, 4.69) is 33.9 Å². The monoisotopic (exact) mass is 442 g/mol. The minimum atomic E-state index is -1.26. The summed E-state index contributed by atoms with van der Waals surface area (Å²) in [7, 11) is -1.26. The van der Waals surface area contributed by atoms with Crippen molar-refractivity contribution in [3.8, 4) is 0 Å². The van der Waals surface area contributed by atoms with Crippen LogP contribution in [0.1, 0.15) is 111 Å². The number of hydrogen-bond acceptors (Lipinski definition) is 0. The van der Waals surface area contributed by atoms with Crippen LogP contribution in [0.5, 0.6) is 0 Å². The van der Waals surface area contributed by atoms with E-state index >= 15 is 0 Å². The fourth-order valence-electron chi connectivity index (χ4n) is 10.8. The van der Waals surface area contributed by atoms with Crippen LogP contribution in [-0.4, -0.2) is 8.07 Å². The molecule has 5 saturated carbocycles. The van der Waals surface area contributed by atoms with Crippen LogP contribution in [0.3, 0.4) is 0 Å². The molecule has 1 heteroatoms. The second kappa shape index (κ2) is 9.11. The number of hydrogen-bond donors (Lipinski definition) is 0. The molecule has 0 N–H and O–H groups in total. The third-order valence-electron chi connectivity index (χ3n) is 12.6. The van der Waals surface area contributed by atoms with Gasteiger partial charge in [-0.15, -0.1) is 0 Å². The molecule has 178 valence electrons. The van der Waals surface area contributed by atoms with E-state index in [1.807, 2.05) is 0 Å². The Morgan fingerprint density at radius 1 is 0.677 bits per heavy atom. The van der Waals surface area contributed by atoms with Gasteiger partial charge in [-0.25, -0.2) is 0 Å². The third-order valence-corrected chi connectivity index (χ3v) is 17.7. The zero-order valence-electron chi connectivity index (χ0n) is 21.8. The predicted molar refractivity (Wildman–Crippen MR) is 138 cm³/mol. The van der Waals surface area contributed by atoms with Crippen LogP contribution in [0, 0.1) is 53.3 Å². The summed E-state index contributed by atoms with van der Waals surface area (Å²) < 4.78 is 0. The molecule has 11 unspecified atom stereocenters. The minimum Gasteiger partial charge on any atom is -0.0689 e. The number of fused-ring (bicyclic) bond motifs is 3. The molecule has 0 saturated heterocycles.